The Kier molecular flexibility index (Phi) is 5.49. The first kappa shape index (κ1) is 19.2. The third-order valence-corrected chi connectivity index (χ3v) is 4.44. The number of aliphatic imine (C=N–C) groups is 1. The summed E-state index contributed by atoms with van der Waals surface area (Å²) in [6, 6.07) is 14.2. The van der Waals surface area contributed by atoms with E-state index in [1.807, 2.05) is 51.1 Å². The van der Waals surface area contributed by atoms with Gasteiger partial charge in [0.25, 0.3) is 0 Å². The highest BCUT2D eigenvalue weighted by Crippen LogP contribution is 2.25. The van der Waals surface area contributed by atoms with Crippen molar-refractivity contribution in [1.29, 1.82) is 0 Å². The van der Waals surface area contributed by atoms with Crippen LogP contribution in [0.4, 0.5) is 5.69 Å². The molecular weight excluding hydrogens is 356 g/mol. The van der Waals surface area contributed by atoms with E-state index in [-0.39, 0.29) is 11.3 Å². The second-order valence-corrected chi connectivity index (χ2v) is 6.35. The largest absolute Gasteiger partial charge is 0.507 e. The second kappa shape index (κ2) is 8.00. The van der Waals surface area contributed by atoms with Crippen LogP contribution in [0.3, 0.4) is 0 Å². The quantitative estimate of drug-likeness (QED) is 0.612. The Bertz CT molecular complexity index is 1030. The van der Waals surface area contributed by atoms with Crippen molar-refractivity contribution >= 4 is 17.9 Å². The predicted molar refractivity (Wildman–Crippen MR) is 109 cm³/mol. The van der Waals surface area contributed by atoms with Crippen LogP contribution >= 0.6 is 0 Å². The number of aryl methyl sites for hydroxylation is 1. The van der Waals surface area contributed by atoms with Gasteiger partial charge in [-0.3, -0.25) is 4.99 Å². The van der Waals surface area contributed by atoms with Crippen LogP contribution < -0.4 is 4.74 Å². The first-order valence-electron chi connectivity index (χ1n) is 8.93. The molecule has 0 bridgehead atoms. The van der Waals surface area contributed by atoms with Gasteiger partial charge in [0.2, 0.25) is 0 Å². The van der Waals surface area contributed by atoms with Gasteiger partial charge in [-0.2, -0.15) is 0 Å². The highest BCUT2D eigenvalue weighted by Gasteiger charge is 2.11. The smallest absolute Gasteiger partial charge is 0.339 e. The molecule has 0 spiro atoms. The summed E-state index contributed by atoms with van der Waals surface area (Å²) < 4.78 is 7.62. The first-order chi connectivity index (χ1) is 13.4. The van der Waals surface area contributed by atoms with E-state index in [4.69, 9.17) is 9.84 Å². The SMILES string of the molecule is CCOc1ccc(-n2c(C)cc(C=Nc3ccc(O)c(C(=O)O)c3)c2C)cc1. The molecule has 0 saturated heterocycles. The Balaban J connectivity index is 1.91. The Morgan fingerprint density at radius 3 is 2.50 bits per heavy atom. The van der Waals surface area contributed by atoms with E-state index in [1.54, 1.807) is 12.3 Å². The summed E-state index contributed by atoms with van der Waals surface area (Å²) in [5, 5.41) is 18.7. The maximum Gasteiger partial charge on any atom is 0.339 e. The Labute approximate surface area is 163 Å². The van der Waals surface area contributed by atoms with Gasteiger partial charge < -0.3 is 19.5 Å². The second-order valence-electron chi connectivity index (χ2n) is 6.35. The number of phenols is 1. The molecule has 3 rings (SSSR count). The molecule has 3 aromatic rings. The van der Waals surface area contributed by atoms with Crippen molar-refractivity contribution in [3.63, 3.8) is 0 Å². The number of aromatic nitrogens is 1. The standard InChI is InChI=1S/C22H22N2O4/c1-4-28-19-8-6-18(7-9-19)24-14(2)11-16(15(24)3)13-23-17-5-10-21(25)20(12-17)22(26)27/h5-13,25H,4H2,1-3H3,(H,26,27). The number of benzene rings is 2. The topological polar surface area (TPSA) is 84.0 Å². The average Bonchev–Trinajstić information content (AvgIpc) is 2.95. The summed E-state index contributed by atoms with van der Waals surface area (Å²) in [5.74, 6) is -0.639. The van der Waals surface area contributed by atoms with E-state index in [2.05, 4.69) is 9.56 Å². The molecule has 1 heterocycles. The molecule has 144 valence electrons. The van der Waals surface area contributed by atoms with Crippen molar-refractivity contribution < 1.29 is 19.7 Å². The van der Waals surface area contributed by atoms with E-state index in [1.165, 1.54) is 12.1 Å². The maximum absolute atomic E-state index is 11.1. The molecule has 0 amide bonds. The highest BCUT2D eigenvalue weighted by molar-refractivity contribution is 5.92. The zero-order valence-electron chi connectivity index (χ0n) is 16.0. The fraction of sp³-hybridized carbons (Fsp3) is 0.182. The Morgan fingerprint density at radius 2 is 1.86 bits per heavy atom. The molecule has 0 saturated carbocycles. The van der Waals surface area contributed by atoms with Crippen molar-refractivity contribution in [3.05, 3.63) is 71.0 Å². The van der Waals surface area contributed by atoms with Crippen LogP contribution in [0, 0.1) is 13.8 Å². The molecule has 6 heteroatoms. The Morgan fingerprint density at radius 1 is 1.14 bits per heavy atom. The van der Waals surface area contributed by atoms with Crippen LogP contribution in [-0.2, 0) is 0 Å². The molecule has 0 radical (unpaired) electrons. The zero-order valence-corrected chi connectivity index (χ0v) is 16.0. The number of hydrogen-bond acceptors (Lipinski definition) is 4. The van der Waals surface area contributed by atoms with Crippen LogP contribution in [0.2, 0.25) is 0 Å². The van der Waals surface area contributed by atoms with E-state index < -0.39 is 5.97 Å². The van der Waals surface area contributed by atoms with Crippen molar-refractivity contribution in [3.8, 4) is 17.2 Å². The van der Waals surface area contributed by atoms with Gasteiger partial charge in [-0.1, -0.05) is 0 Å². The summed E-state index contributed by atoms with van der Waals surface area (Å²) >= 11 is 0. The molecule has 0 aliphatic carbocycles. The number of nitrogens with zero attached hydrogens (tertiary/aromatic N) is 2. The predicted octanol–water partition coefficient (Wildman–Crippen LogP) is 4.65. The monoisotopic (exact) mass is 378 g/mol. The third-order valence-electron chi connectivity index (χ3n) is 4.44. The van der Waals surface area contributed by atoms with Crippen molar-refractivity contribution in [2.75, 3.05) is 6.61 Å². The number of carbonyl (C=O) groups is 1. The van der Waals surface area contributed by atoms with E-state index in [9.17, 15) is 9.90 Å². The number of ether oxygens (including phenoxy) is 1. The molecule has 0 unspecified atom stereocenters. The van der Waals surface area contributed by atoms with Gasteiger partial charge in [0.05, 0.1) is 12.3 Å². The molecule has 2 N–H and O–H groups in total. The minimum atomic E-state index is -1.19. The van der Waals surface area contributed by atoms with Crippen molar-refractivity contribution in [1.82, 2.24) is 4.57 Å². The fourth-order valence-electron chi connectivity index (χ4n) is 3.09. The van der Waals surface area contributed by atoms with Crippen molar-refractivity contribution in [2.24, 2.45) is 4.99 Å². The number of aromatic hydroxyl groups is 1. The molecule has 0 aliphatic rings. The molecule has 0 fully saturated rings. The lowest BCUT2D eigenvalue weighted by Gasteiger charge is -2.11. The maximum atomic E-state index is 11.1. The minimum absolute atomic E-state index is 0.172. The Hall–Kier alpha value is -3.54. The van der Waals surface area contributed by atoms with Gasteiger partial charge in [0, 0.05) is 28.9 Å². The highest BCUT2D eigenvalue weighted by atomic mass is 16.5. The first-order valence-corrected chi connectivity index (χ1v) is 8.93. The van der Waals surface area contributed by atoms with Crippen LogP contribution in [0.15, 0.2) is 53.5 Å². The molecule has 1 aromatic heterocycles. The van der Waals surface area contributed by atoms with Crippen LogP contribution in [0.25, 0.3) is 5.69 Å². The number of aromatic carboxylic acids is 1. The molecule has 2 aromatic carbocycles. The van der Waals surface area contributed by atoms with Gasteiger partial charge in [-0.25, -0.2) is 4.79 Å². The van der Waals surface area contributed by atoms with Crippen LogP contribution in [0.5, 0.6) is 11.5 Å². The van der Waals surface area contributed by atoms with Gasteiger partial charge >= 0.3 is 5.97 Å². The van der Waals surface area contributed by atoms with E-state index >= 15 is 0 Å². The van der Waals surface area contributed by atoms with E-state index in [0.29, 0.717) is 12.3 Å². The number of carboxylic acids is 1. The van der Waals surface area contributed by atoms with E-state index in [0.717, 1.165) is 28.4 Å². The van der Waals surface area contributed by atoms with Crippen LogP contribution in [0.1, 0.15) is 34.2 Å². The molecule has 28 heavy (non-hydrogen) atoms. The number of carboxylic acid groups (broad SMARTS) is 1. The van der Waals surface area contributed by atoms with Crippen molar-refractivity contribution in [2.45, 2.75) is 20.8 Å². The third kappa shape index (κ3) is 3.91. The lowest BCUT2D eigenvalue weighted by atomic mass is 10.2. The molecule has 0 aliphatic heterocycles. The lowest BCUT2D eigenvalue weighted by Crippen LogP contribution is -2.00. The summed E-state index contributed by atoms with van der Waals surface area (Å²) in [6.07, 6.45) is 1.70. The summed E-state index contributed by atoms with van der Waals surface area (Å²) in [5.41, 5.74) is 4.31. The summed E-state index contributed by atoms with van der Waals surface area (Å²) in [6.45, 7) is 6.60. The normalized spacial score (nSPS) is 11.1. The number of hydrogen-bond donors (Lipinski definition) is 2. The lowest BCUT2D eigenvalue weighted by molar-refractivity contribution is 0.0693. The molecule has 0 atom stereocenters. The van der Waals surface area contributed by atoms with Crippen LogP contribution in [-0.4, -0.2) is 33.6 Å². The summed E-state index contributed by atoms with van der Waals surface area (Å²) in [4.78, 5) is 15.5. The van der Waals surface area contributed by atoms with Gasteiger partial charge in [-0.15, -0.1) is 0 Å². The van der Waals surface area contributed by atoms with Gasteiger partial charge in [-0.05, 0) is 69.3 Å². The minimum Gasteiger partial charge on any atom is -0.507 e. The summed E-state index contributed by atoms with van der Waals surface area (Å²) in [7, 11) is 0. The molecule has 6 nitrogen and oxygen atoms in total. The van der Waals surface area contributed by atoms with Gasteiger partial charge in [0.15, 0.2) is 0 Å². The molecular formula is C22H22N2O4. The van der Waals surface area contributed by atoms with Gasteiger partial charge in [0.1, 0.15) is 17.1 Å². The fourth-order valence-corrected chi connectivity index (χ4v) is 3.09. The zero-order chi connectivity index (χ0) is 20.3. The number of rotatable bonds is 6. The average molecular weight is 378 g/mol.